The van der Waals surface area contributed by atoms with Crippen LogP contribution >= 0.6 is 0 Å². The second-order valence-corrected chi connectivity index (χ2v) is 4.74. The first-order valence-electron chi connectivity index (χ1n) is 6.31. The van der Waals surface area contributed by atoms with Gasteiger partial charge in [0.25, 0.3) is 0 Å². The molecule has 4 heteroatoms. The summed E-state index contributed by atoms with van der Waals surface area (Å²) in [5, 5.41) is 9.03. The van der Waals surface area contributed by atoms with Crippen LogP contribution in [0.15, 0.2) is 12.1 Å². The number of nitrogens with two attached hydrogens (primary N) is 1. The lowest BCUT2D eigenvalue weighted by Gasteiger charge is -2.16. The van der Waals surface area contributed by atoms with E-state index in [0.29, 0.717) is 11.3 Å². The summed E-state index contributed by atoms with van der Waals surface area (Å²) in [6.07, 6.45) is 5.59. The minimum Gasteiger partial charge on any atom is -0.496 e. The van der Waals surface area contributed by atoms with E-state index in [4.69, 9.17) is 15.6 Å². The summed E-state index contributed by atoms with van der Waals surface area (Å²) in [4.78, 5) is 11.0. The molecule has 3 N–H and O–H groups in total. The summed E-state index contributed by atoms with van der Waals surface area (Å²) in [6, 6.07) is 2.85. The van der Waals surface area contributed by atoms with Gasteiger partial charge in [-0.05, 0) is 48.9 Å². The van der Waals surface area contributed by atoms with Gasteiger partial charge < -0.3 is 15.6 Å². The van der Waals surface area contributed by atoms with Crippen molar-refractivity contribution in [2.45, 2.75) is 38.1 Å². The maximum Gasteiger partial charge on any atom is 0.325 e. The largest absolute Gasteiger partial charge is 0.496 e. The molecule has 4 nitrogen and oxygen atoms in total. The average molecular weight is 249 g/mol. The number of ether oxygens (including phenoxy) is 1. The fourth-order valence-electron chi connectivity index (χ4n) is 2.51. The summed E-state index contributed by atoms with van der Waals surface area (Å²) in [6.45, 7) is 0. The lowest BCUT2D eigenvalue weighted by Crippen LogP contribution is -2.21. The van der Waals surface area contributed by atoms with E-state index in [9.17, 15) is 4.79 Å². The molecule has 1 atom stereocenters. The lowest BCUT2D eigenvalue weighted by molar-refractivity contribution is -0.138. The third kappa shape index (κ3) is 2.48. The van der Waals surface area contributed by atoms with E-state index in [2.05, 4.69) is 0 Å². The Balaban J connectivity index is 2.46. The molecule has 0 aliphatic heterocycles. The molecule has 1 aromatic rings. The van der Waals surface area contributed by atoms with Crippen LogP contribution in [0.25, 0.3) is 0 Å². The first-order valence-corrected chi connectivity index (χ1v) is 6.31. The first kappa shape index (κ1) is 12.9. The van der Waals surface area contributed by atoms with Crippen LogP contribution in [-0.4, -0.2) is 18.2 Å². The second-order valence-electron chi connectivity index (χ2n) is 4.74. The molecule has 1 aliphatic carbocycles. The predicted octanol–water partition coefficient (Wildman–Crippen LogP) is 2.05. The third-order valence-electron chi connectivity index (χ3n) is 3.55. The highest BCUT2D eigenvalue weighted by molar-refractivity contribution is 5.76. The van der Waals surface area contributed by atoms with Crippen molar-refractivity contribution < 1.29 is 14.6 Å². The molecular formula is C14H19NO3. The highest BCUT2D eigenvalue weighted by Gasteiger charge is 2.21. The Kier molecular flexibility index (Phi) is 3.87. The van der Waals surface area contributed by atoms with Gasteiger partial charge in [0.05, 0.1) is 7.11 Å². The Morgan fingerprint density at radius 2 is 1.89 bits per heavy atom. The van der Waals surface area contributed by atoms with Gasteiger partial charge in [-0.3, -0.25) is 4.79 Å². The Morgan fingerprint density at radius 3 is 2.44 bits per heavy atom. The molecular weight excluding hydrogens is 230 g/mol. The highest BCUT2D eigenvalue weighted by Crippen LogP contribution is 2.31. The molecule has 1 aliphatic rings. The Labute approximate surface area is 107 Å². The van der Waals surface area contributed by atoms with Crippen LogP contribution in [0.3, 0.4) is 0 Å². The van der Waals surface area contributed by atoms with Crippen LogP contribution in [0.4, 0.5) is 0 Å². The normalized spacial score (nSPS) is 16.6. The molecule has 0 bridgehead atoms. The number of aliphatic carboxylic acids is 1. The summed E-state index contributed by atoms with van der Waals surface area (Å²) < 4.78 is 5.28. The van der Waals surface area contributed by atoms with Crippen molar-refractivity contribution in [1.29, 1.82) is 0 Å². The molecule has 0 spiro atoms. The molecule has 0 heterocycles. The number of fused-ring (bicyclic) bond motifs is 1. The number of aryl methyl sites for hydroxylation is 2. The van der Waals surface area contributed by atoms with Gasteiger partial charge in [0.2, 0.25) is 0 Å². The molecule has 0 aromatic heterocycles. The summed E-state index contributed by atoms with van der Waals surface area (Å²) >= 11 is 0. The minimum atomic E-state index is -1.03. The number of carbonyl (C=O) groups is 1. The summed E-state index contributed by atoms with van der Waals surface area (Å²) in [5.74, 6) is -0.438. The number of carboxylic acid groups (broad SMARTS) is 1. The van der Waals surface area contributed by atoms with E-state index in [1.165, 1.54) is 24.0 Å². The van der Waals surface area contributed by atoms with Crippen molar-refractivity contribution in [1.82, 2.24) is 0 Å². The number of carboxylic acids is 1. The topological polar surface area (TPSA) is 72.5 Å². The molecule has 1 aromatic carbocycles. The van der Waals surface area contributed by atoms with Crippen molar-refractivity contribution in [3.8, 4) is 5.75 Å². The first-order chi connectivity index (χ1) is 8.63. The molecule has 0 amide bonds. The van der Waals surface area contributed by atoms with E-state index < -0.39 is 12.0 Å². The van der Waals surface area contributed by atoms with Crippen molar-refractivity contribution in [2.24, 2.45) is 5.73 Å². The van der Waals surface area contributed by atoms with Crippen LogP contribution in [0, 0.1) is 0 Å². The number of benzene rings is 1. The van der Waals surface area contributed by atoms with E-state index in [1.807, 2.05) is 12.1 Å². The van der Waals surface area contributed by atoms with Crippen molar-refractivity contribution >= 4 is 5.97 Å². The molecule has 98 valence electrons. The Morgan fingerprint density at radius 1 is 1.28 bits per heavy atom. The van der Waals surface area contributed by atoms with Gasteiger partial charge in [0.1, 0.15) is 11.8 Å². The van der Waals surface area contributed by atoms with Gasteiger partial charge in [-0.2, -0.15) is 0 Å². The quantitative estimate of drug-likeness (QED) is 0.804. The molecule has 1 unspecified atom stereocenters. The SMILES string of the molecule is COc1cc2c(cc1C(N)C(=O)O)CCCCC2. The monoisotopic (exact) mass is 249 g/mol. The zero-order chi connectivity index (χ0) is 13.1. The van der Waals surface area contributed by atoms with Gasteiger partial charge in [-0.25, -0.2) is 0 Å². The molecule has 0 fully saturated rings. The zero-order valence-corrected chi connectivity index (χ0v) is 10.6. The maximum atomic E-state index is 11.0. The molecule has 0 saturated heterocycles. The number of rotatable bonds is 3. The highest BCUT2D eigenvalue weighted by atomic mass is 16.5. The van der Waals surface area contributed by atoms with E-state index in [0.717, 1.165) is 19.3 Å². The summed E-state index contributed by atoms with van der Waals surface area (Å²) in [5.41, 5.74) is 8.77. The number of hydrogen-bond donors (Lipinski definition) is 2. The van der Waals surface area contributed by atoms with E-state index >= 15 is 0 Å². The Hall–Kier alpha value is -1.55. The fourth-order valence-corrected chi connectivity index (χ4v) is 2.51. The van der Waals surface area contributed by atoms with Crippen LogP contribution in [0.5, 0.6) is 5.75 Å². The zero-order valence-electron chi connectivity index (χ0n) is 10.6. The van der Waals surface area contributed by atoms with Crippen LogP contribution in [0.2, 0.25) is 0 Å². The van der Waals surface area contributed by atoms with Gasteiger partial charge in [-0.15, -0.1) is 0 Å². The number of methoxy groups -OCH3 is 1. The van der Waals surface area contributed by atoms with Crippen molar-refractivity contribution in [3.63, 3.8) is 0 Å². The Bertz CT molecular complexity index is 457. The van der Waals surface area contributed by atoms with Crippen molar-refractivity contribution in [2.75, 3.05) is 7.11 Å². The van der Waals surface area contributed by atoms with Crippen LogP contribution in [0.1, 0.15) is 42.0 Å². The van der Waals surface area contributed by atoms with Gasteiger partial charge >= 0.3 is 5.97 Å². The van der Waals surface area contributed by atoms with Gasteiger partial charge in [0.15, 0.2) is 0 Å². The summed E-state index contributed by atoms with van der Waals surface area (Å²) in [7, 11) is 1.55. The minimum absolute atomic E-state index is 0.575. The second kappa shape index (κ2) is 5.40. The third-order valence-corrected chi connectivity index (χ3v) is 3.55. The van der Waals surface area contributed by atoms with Crippen molar-refractivity contribution in [3.05, 3.63) is 28.8 Å². The van der Waals surface area contributed by atoms with Crippen LogP contribution in [-0.2, 0) is 17.6 Å². The molecule has 2 rings (SSSR count). The lowest BCUT2D eigenvalue weighted by atomic mass is 9.96. The maximum absolute atomic E-state index is 11.0. The average Bonchev–Trinajstić information content (AvgIpc) is 2.60. The molecule has 0 radical (unpaired) electrons. The van der Waals surface area contributed by atoms with Gasteiger partial charge in [0, 0.05) is 5.56 Å². The van der Waals surface area contributed by atoms with E-state index in [1.54, 1.807) is 7.11 Å². The van der Waals surface area contributed by atoms with Gasteiger partial charge in [-0.1, -0.05) is 6.42 Å². The standard InChI is InChI=1S/C14H19NO3/c1-18-12-8-10-6-4-2-3-5-9(10)7-11(12)13(15)14(16)17/h7-8,13H,2-6,15H2,1H3,(H,16,17). The fraction of sp³-hybridized carbons (Fsp3) is 0.500. The van der Waals surface area contributed by atoms with E-state index in [-0.39, 0.29) is 0 Å². The molecule has 0 saturated carbocycles. The smallest absolute Gasteiger partial charge is 0.325 e. The van der Waals surface area contributed by atoms with Crippen LogP contribution < -0.4 is 10.5 Å². The predicted molar refractivity (Wildman–Crippen MR) is 68.8 cm³/mol. The molecule has 18 heavy (non-hydrogen) atoms. The number of hydrogen-bond acceptors (Lipinski definition) is 3.